The second-order valence-electron chi connectivity index (χ2n) is 8.71. The van der Waals surface area contributed by atoms with Gasteiger partial charge in [-0.2, -0.15) is 0 Å². The molecular formula is C32H24N4. The molecule has 3 aromatic heterocycles. The lowest BCUT2D eigenvalue weighted by atomic mass is 10.0. The van der Waals surface area contributed by atoms with Gasteiger partial charge < -0.3 is 4.90 Å². The molecule has 36 heavy (non-hydrogen) atoms. The van der Waals surface area contributed by atoms with Crippen LogP contribution >= 0.6 is 0 Å². The van der Waals surface area contributed by atoms with Crippen molar-refractivity contribution in [1.82, 2.24) is 15.0 Å². The van der Waals surface area contributed by atoms with Gasteiger partial charge in [0, 0.05) is 59.7 Å². The van der Waals surface area contributed by atoms with Crippen molar-refractivity contribution < 1.29 is 0 Å². The fourth-order valence-electron chi connectivity index (χ4n) is 4.54. The van der Waals surface area contributed by atoms with Crippen molar-refractivity contribution in [2.75, 3.05) is 11.9 Å². The SMILES string of the molecule is CN(c1ccc(-c2cc(-c3cccnc3)nc(-c3cccnc3)c2)cc1)c1cccc2ccccc12. The molecule has 4 heteroatoms. The lowest BCUT2D eigenvalue weighted by molar-refractivity contribution is 1.22. The topological polar surface area (TPSA) is 41.9 Å². The second kappa shape index (κ2) is 9.43. The van der Waals surface area contributed by atoms with Gasteiger partial charge in [-0.25, -0.2) is 4.98 Å². The first-order chi connectivity index (χ1) is 17.8. The van der Waals surface area contributed by atoms with E-state index in [9.17, 15) is 0 Å². The molecule has 3 aromatic carbocycles. The Labute approximate surface area is 210 Å². The van der Waals surface area contributed by atoms with Crippen LogP contribution in [0.4, 0.5) is 11.4 Å². The zero-order chi connectivity index (χ0) is 24.3. The van der Waals surface area contributed by atoms with Gasteiger partial charge in [-0.15, -0.1) is 0 Å². The molecule has 3 heterocycles. The minimum absolute atomic E-state index is 0.886. The van der Waals surface area contributed by atoms with E-state index in [2.05, 4.69) is 101 Å². The number of benzene rings is 3. The molecular weight excluding hydrogens is 440 g/mol. The third-order valence-electron chi connectivity index (χ3n) is 6.46. The molecule has 0 atom stereocenters. The fraction of sp³-hybridized carbons (Fsp3) is 0.0312. The molecule has 0 amide bonds. The molecule has 0 N–H and O–H groups in total. The summed E-state index contributed by atoms with van der Waals surface area (Å²) < 4.78 is 0. The molecule has 6 rings (SSSR count). The van der Waals surface area contributed by atoms with Gasteiger partial charge in [-0.3, -0.25) is 9.97 Å². The summed E-state index contributed by atoms with van der Waals surface area (Å²) in [4.78, 5) is 15.7. The van der Waals surface area contributed by atoms with Crippen LogP contribution in [0.3, 0.4) is 0 Å². The van der Waals surface area contributed by atoms with Crippen LogP contribution in [0.15, 0.2) is 128 Å². The van der Waals surface area contributed by atoms with Crippen LogP contribution in [0.1, 0.15) is 0 Å². The largest absolute Gasteiger partial charge is 0.344 e. The summed E-state index contributed by atoms with van der Waals surface area (Å²) >= 11 is 0. The average molecular weight is 465 g/mol. The van der Waals surface area contributed by atoms with Crippen molar-refractivity contribution >= 4 is 22.1 Å². The molecule has 0 fully saturated rings. The molecule has 4 nitrogen and oxygen atoms in total. The Hall–Kier alpha value is -4.83. The van der Waals surface area contributed by atoms with Gasteiger partial charge in [0.2, 0.25) is 0 Å². The monoisotopic (exact) mass is 464 g/mol. The maximum atomic E-state index is 4.93. The Morgan fingerprint density at radius 3 is 1.83 bits per heavy atom. The standard InChI is InChI=1S/C32H24N4/c1-36(32-12-4-8-24-7-2-3-11-29(24)32)28-15-13-23(14-16-28)27-19-30(25-9-5-17-33-21-25)35-31(20-27)26-10-6-18-34-22-26/h2-22H,1H3. The summed E-state index contributed by atoms with van der Waals surface area (Å²) in [6.07, 6.45) is 7.25. The lowest BCUT2D eigenvalue weighted by Gasteiger charge is -2.22. The fourth-order valence-corrected chi connectivity index (χ4v) is 4.54. The zero-order valence-corrected chi connectivity index (χ0v) is 19.9. The van der Waals surface area contributed by atoms with Crippen LogP contribution in [0.5, 0.6) is 0 Å². The minimum atomic E-state index is 0.886. The summed E-state index contributed by atoms with van der Waals surface area (Å²) in [6, 6.07) is 35.8. The highest BCUT2D eigenvalue weighted by molar-refractivity contribution is 5.96. The van der Waals surface area contributed by atoms with Crippen LogP contribution in [-0.2, 0) is 0 Å². The molecule has 0 saturated heterocycles. The number of hydrogen-bond acceptors (Lipinski definition) is 4. The zero-order valence-electron chi connectivity index (χ0n) is 19.9. The average Bonchev–Trinajstić information content (AvgIpc) is 2.97. The Balaban J connectivity index is 1.39. The Morgan fingerprint density at radius 1 is 0.556 bits per heavy atom. The molecule has 0 aliphatic rings. The van der Waals surface area contributed by atoms with Gasteiger partial charge in [0.15, 0.2) is 0 Å². The van der Waals surface area contributed by atoms with Crippen molar-refractivity contribution in [3.63, 3.8) is 0 Å². The number of rotatable bonds is 5. The van der Waals surface area contributed by atoms with Crippen molar-refractivity contribution in [2.45, 2.75) is 0 Å². The minimum Gasteiger partial charge on any atom is -0.344 e. The number of anilines is 2. The van der Waals surface area contributed by atoms with Crippen LogP contribution in [0, 0.1) is 0 Å². The first kappa shape index (κ1) is 21.7. The number of fused-ring (bicyclic) bond motifs is 1. The van der Waals surface area contributed by atoms with E-state index < -0.39 is 0 Å². The van der Waals surface area contributed by atoms with E-state index in [0.29, 0.717) is 0 Å². The Bertz CT molecular complexity index is 1570. The highest BCUT2D eigenvalue weighted by Crippen LogP contribution is 2.34. The Kier molecular flexibility index (Phi) is 5.68. The van der Waals surface area contributed by atoms with Gasteiger partial charge in [0.05, 0.1) is 11.4 Å². The Morgan fingerprint density at radius 2 is 1.19 bits per heavy atom. The van der Waals surface area contributed by atoms with E-state index in [1.807, 2.05) is 36.7 Å². The maximum absolute atomic E-state index is 4.93. The van der Waals surface area contributed by atoms with E-state index in [4.69, 9.17) is 4.98 Å². The van der Waals surface area contributed by atoms with Gasteiger partial charge in [0.25, 0.3) is 0 Å². The van der Waals surface area contributed by atoms with E-state index in [1.165, 1.54) is 16.5 Å². The smallest absolute Gasteiger partial charge is 0.0731 e. The predicted molar refractivity (Wildman–Crippen MR) is 148 cm³/mol. The molecule has 0 aliphatic heterocycles. The second-order valence-corrected chi connectivity index (χ2v) is 8.71. The summed E-state index contributed by atoms with van der Waals surface area (Å²) in [7, 11) is 2.12. The van der Waals surface area contributed by atoms with Gasteiger partial charge in [0.1, 0.15) is 0 Å². The van der Waals surface area contributed by atoms with Crippen LogP contribution < -0.4 is 4.90 Å². The molecule has 0 unspecified atom stereocenters. The third-order valence-corrected chi connectivity index (χ3v) is 6.46. The number of nitrogens with zero attached hydrogens (tertiary/aromatic N) is 4. The summed E-state index contributed by atoms with van der Waals surface area (Å²) in [5.41, 5.74) is 8.28. The van der Waals surface area contributed by atoms with E-state index in [1.54, 1.807) is 12.4 Å². The quantitative estimate of drug-likeness (QED) is 0.261. The first-order valence-electron chi connectivity index (χ1n) is 11.9. The molecule has 172 valence electrons. The van der Waals surface area contributed by atoms with Crippen molar-refractivity contribution in [1.29, 1.82) is 0 Å². The summed E-state index contributed by atoms with van der Waals surface area (Å²) in [6.45, 7) is 0. The van der Waals surface area contributed by atoms with E-state index >= 15 is 0 Å². The molecule has 0 spiro atoms. The van der Waals surface area contributed by atoms with Crippen molar-refractivity contribution in [2.24, 2.45) is 0 Å². The molecule has 0 aliphatic carbocycles. The highest BCUT2D eigenvalue weighted by atomic mass is 15.1. The normalized spacial score (nSPS) is 10.9. The lowest BCUT2D eigenvalue weighted by Crippen LogP contribution is -2.09. The highest BCUT2D eigenvalue weighted by Gasteiger charge is 2.11. The maximum Gasteiger partial charge on any atom is 0.0731 e. The van der Waals surface area contributed by atoms with Gasteiger partial charge >= 0.3 is 0 Å². The van der Waals surface area contributed by atoms with E-state index in [0.717, 1.165) is 39.3 Å². The summed E-state index contributed by atoms with van der Waals surface area (Å²) in [5.74, 6) is 0. The molecule has 0 bridgehead atoms. The molecule has 6 aromatic rings. The van der Waals surface area contributed by atoms with Crippen molar-refractivity contribution in [3.8, 4) is 33.6 Å². The van der Waals surface area contributed by atoms with Gasteiger partial charge in [-0.05, 0) is 71.1 Å². The van der Waals surface area contributed by atoms with Crippen LogP contribution in [0.25, 0.3) is 44.4 Å². The number of hydrogen-bond donors (Lipinski definition) is 0. The van der Waals surface area contributed by atoms with Crippen LogP contribution in [0.2, 0.25) is 0 Å². The van der Waals surface area contributed by atoms with Crippen molar-refractivity contribution in [3.05, 3.63) is 128 Å². The summed E-state index contributed by atoms with van der Waals surface area (Å²) in [5, 5.41) is 2.48. The molecule has 0 radical (unpaired) electrons. The third kappa shape index (κ3) is 4.21. The first-order valence-corrected chi connectivity index (χ1v) is 11.9. The number of pyridine rings is 3. The predicted octanol–water partition coefficient (Wildman–Crippen LogP) is 7.79. The molecule has 0 saturated carbocycles. The van der Waals surface area contributed by atoms with Crippen LogP contribution in [-0.4, -0.2) is 22.0 Å². The number of aromatic nitrogens is 3. The van der Waals surface area contributed by atoms with E-state index in [-0.39, 0.29) is 0 Å². The van der Waals surface area contributed by atoms with Gasteiger partial charge in [-0.1, -0.05) is 48.5 Å².